The quantitative estimate of drug-likeness (QED) is 0.842. The molecule has 2 rings (SSSR count). The van der Waals surface area contributed by atoms with E-state index in [0.29, 0.717) is 11.8 Å². The van der Waals surface area contributed by atoms with Gasteiger partial charge < -0.3 is 5.32 Å². The van der Waals surface area contributed by atoms with Gasteiger partial charge in [0.05, 0.1) is 0 Å². The van der Waals surface area contributed by atoms with Crippen LogP contribution < -0.4 is 5.32 Å². The second kappa shape index (κ2) is 6.04. The molecule has 1 N–H and O–H groups in total. The lowest BCUT2D eigenvalue weighted by atomic mass is 9.72. The Labute approximate surface area is 116 Å². The minimum absolute atomic E-state index is 0.111. The predicted molar refractivity (Wildman–Crippen MR) is 78.8 cm³/mol. The van der Waals surface area contributed by atoms with Crippen LogP contribution in [0.1, 0.15) is 45.6 Å². The third kappa shape index (κ3) is 3.17. The zero-order chi connectivity index (χ0) is 13.9. The van der Waals surface area contributed by atoms with Gasteiger partial charge in [-0.05, 0) is 48.9 Å². The van der Waals surface area contributed by atoms with Gasteiger partial charge in [-0.15, -0.1) is 0 Å². The highest BCUT2D eigenvalue weighted by Crippen LogP contribution is 2.45. The molecule has 2 atom stereocenters. The SMILES string of the molecule is CC(C)CNCC1(c2cccc(F)c2)CCCC1C. The Balaban J connectivity index is 2.20. The van der Waals surface area contributed by atoms with Gasteiger partial charge in [-0.1, -0.05) is 39.3 Å². The Bertz CT molecular complexity index is 415. The fraction of sp³-hybridized carbons (Fsp3) is 0.647. The summed E-state index contributed by atoms with van der Waals surface area (Å²) in [6.07, 6.45) is 3.67. The van der Waals surface area contributed by atoms with Crippen LogP contribution in [-0.4, -0.2) is 13.1 Å². The van der Waals surface area contributed by atoms with Crippen LogP contribution in [0.25, 0.3) is 0 Å². The lowest BCUT2D eigenvalue weighted by Gasteiger charge is -2.35. The van der Waals surface area contributed by atoms with Crippen LogP contribution in [0.15, 0.2) is 24.3 Å². The lowest BCUT2D eigenvalue weighted by Crippen LogP contribution is -2.41. The monoisotopic (exact) mass is 263 g/mol. The van der Waals surface area contributed by atoms with E-state index in [-0.39, 0.29) is 11.2 Å². The van der Waals surface area contributed by atoms with Crippen LogP contribution in [-0.2, 0) is 5.41 Å². The van der Waals surface area contributed by atoms with E-state index in [4.69, 9.17) is 0 Å². The van der Waals surface area contributed by atoms with E-state index in [1.807, 2.05) is 6.07 Å². The number of benzene rings is 1. The van der Waals surface area contributed by atoms with Crippen LogP contribution in [0.4, 0.5) is 4.39 Å². The molecule has 0 aromatic heterocycles. The van der Waals surface area contributed by atoms with Gasteiger partial charge in [-0.25, -0.2) is 4.39 Å². The van der Waals surface area contributed by atoms with Crippen molar-refractivity contribution in [3.8, 4) is 0 Å². The highest BCUT2D eigenvalue weighted by molar-refractivity contribution is 5.29. The number of hydrogen-bond donors (Lipinski definition) is 1. The molecule has 19 heavy (non-hydrogen) atoms. The van der Waals surface area contributed by atoms with Crippen molar-refractivity contribution in [1.29, 1.82) is 0 Å². The van der Waals surface area contributed by atoms with Crippen LogP contribution in [0.5, 0.6) is 0 Å². The van der Waals surface area contributed by atoms with Gasteiger partial charge in [-0.2, -0.15) is 0 Å². The first-order chi connectivity index (χ1) is 9.04. The van der Waals surface area contributed by atoms with Gasteiger partial charge in [0.25, 0.3) is 0 Å². The summed E-state index contributed by atoms with van der Waals surface area (Å²) in [5.41, 5.74) is 1.30. The van der Waals surface area contributed by atoms with Crippen LogP contribution in [0.3, 0.4) is 0 Å². The summed E-state index contributed by atoms with van der Waals surface area (Å²) < 4.78 is 13.5. The molecule has 0 aliphatic heterocycles. The molecule has 2 unspecified atom stereocenters. The molecule has 1 fully saturated rings. The molecule has 1 nitrogen and oxygen atoms in total. The molecule has 0 saturated heterocycles. The third-order valence-electron chi connectivity index (χ3n) is 4.60. The third-order valence-corrected chi connectivity index (χ3v) is 4.60. The van der Waals surface area contributed by atoms with Crippen molar-refractivity contribution in [3.63, 3.8) is 0 Å². The van der Waals surface area contributed by atoms with E-state index in [1.54, 1.807) is 12.1 Å². The molecule has 106 valence electrons. The van der Waals surface area contributed by atoms with Crippen molar-refractivity contribution >= 4 is 0 Å². The van der Waals surface area contributed by atoms with Gasteiger partial charge in [0.1, 0.15) is 5.82 Å². The predicted octanol–water partition coefficient (Wildman–Crippen LogP) is 4.13. The summed E-state index contributed by atoms with van der Waals surface area (Å²) in [6.45, 7) is 8.76. The number of halogens is 1. The van der Waals surface area contributed by atoms with Crippen molar-refractivity contribution in [3.05, 3.63) is 35.6 Å². The Morgan fingerprint density at radius 1 is 1.42 bits per heavy atom. The van der Waals surface area contributed by atoms with E-state index in [2.05, 4.69) is 32.2 Å². The summed E-state index contributed by atoms with van der Waals surface area (Å²) in [5, 5.41) is 3.59. The summed E-state index contributed by atoms with van der Waals surface area (Å²) in [7, 11) is 0. The zero-order valence-corrected chi connectivity index (χ0v) is 12.4. The van der Waals surface area contributed by atoms with Crippen LogP contribution in [0.2, 0.25) is 0 Å². The Kier molecular flexibility index (Phi) is 4.62. The summed E-state index contributed by atoms with van der Waals surface area (Å²) in [5.74, 6) is 1.16. The molecule has 1 aliphatic carbocycles. The van der Waals surface area contributed by atoms with Crippen LogP contribution >= 0.6 is 0 Å². The highest BCUT2D eigenvalue weighted by Gasteiger charge is 2.41. The number of hydrogen-bond acceptors (Lipinski definition) is 1. The van der Waals surface area contributed by atoms with Gasteiger partial charge in [-0.3, -0.25) is 0 Å². The lowest BCUT2D eigenvalue weighted by molar-refractivity contribution is 0.311. The Hall–Kier alpha value is -0.890. The van der Waals surface area contributed by atoms with E-state index < -0.39 is 0 Å². The van der Waals surface area contributed by atoms with Gasteiger partial charge >= 0.3 is 0 Å². The summed E-state index contributed by atoms with van der Waals surface area (Å²) >= 11 is 0. The maximum absolute atomic E-state index is 13.5. The molecule has 1 aliphatic rings. The van der Waals surface area contributed by atoms with Crippen molar-refractivity contribution in [2.45, 2.75) is 45.4 Å². The molecular weight excluding hydrogens is 237 g/mol. The van der Waals surface area contributed by atoms with Gasteiger partial charge in [0, 0.05) is 12.0 Å². The average Bonchev–Trinajstić information content (AvgIpc) is 2.71. The summed E-state index contributed by atoms with van der Waals surface area (Å²) in [4.78, 5) is 0. The molecule has 1 saturated carbocycles. The Morgan fingerprint density at radius 3 is 2.79 bits per heavy atom. The zero-order valence-electron chi connectivity index (χ0n) is 12.4. The van der Waals surface area contributed by atoms with Crippen molar-refractivity contribution in [1.82, 2.24) is 5.32 Å². The fourth-order valence-corrected chi connectivity index (χ4v) is 3.42. The first-order valence-electron chi connectivity index (χ1n) is 7.51. The first kappa shape index (κ1) is 14.5. The molecule has 0 heterocycles. The summed E-state index contributed by atoms with van der Waals surface area (Å²) in [6, 6.07) is 7.22. The second-order valence-electron chi connectivity index (χ2n) is 6.48. The molecular formula is C17H26FN. The van der Waals surface area contributed by atoms with E-state index >= 15 is 0 Å². The largest absolute Gasteiger partial charge is 0.316 e. The average molecular weight is 263 g/mol. The minimum atomic E-state index is -0.111. The van der Waals surface area contributed by atoms with Crippen molar-refractivity contribution < 1.29 is 4.39 Å². The van der Waals surface area contributed by atoms with E-state index in [0.717, 1.165) is 13.1 Å². The number of nitrogens with one attached hydrogen (secondary N) is 1. The standard InChI is InChI=1S/C17H26FN/c1-13(2)11-19-12-17(9-5-6-14(17)3)15-7-4-8-16(18)10-15/h4,7-8,10,13-14,19H,5-6,9,11-12H2,1-3H3. The van der Waals surface area contributed by atoms with E-state index in [1.165, 1.54) is 24.8 Å². The molecule has 2 heteroatoms. The molecule has 0 radical (unpaired) electrons. The topological polar surface area (TPSA) is 12.0 Å². The molecule has 0 bridgehead atoms. The van der Waals surface area contributed by atoms with Crippen molar-refractivity contribution in [2.24, 2.45) is 11.8 Å². The normalized spacial score (nSPS) is 27.1. The first-order valence-corrected chi connectivity index (χ1v) is 7.51. The molecule has 1 aromatic carbocycles. The van der Waals surface area contributed by atoms with Crippen molar-refractivity contribution in [2.75, 3.05) is 13.1 Å². The highest BCUT2D eigenvalue weighted by atomic mass is 19.1. The molecule has 1 aromatic rings. The second-order valence-corrected chi connectivity index (χ2v) is 6.48. The van der Waals surface area contributed by atoms with E-state index in [9.17, 15) is 4.39 Å². The maximum Gasteiger partial charge on any atom is 0.123 e. The maximum atomic E-state index is 13.5. The smallest absolute Gasteiger partial charge is 0.123 e. The van der Waals surface area contributed by atoms with Gasteiger partial charge in [0.15, 0.2) is 0 Å². The molecule has 0 amide bonds. The van der Waals surface area contributed by atoms with Crippen LogP contribution in [0, 0.1) is 17.7 Å². The Morgan fingerprint density at radius 2 is 2.21 bits per heavy atom. The van der Waals surface area contributed by atoms with Gasteiger partial charge in [0.2, 0.25) is 0 Å². The molecule has 0 spiro atoms. The minimum Gasteiger partial charge on any atom is -0.316 e. The fourth-order valence-electron chi connectivity index (χ4n) is 3.42. The number of rotatable bonds is 5.